The molecule has 21 heavy (non-hydrogen) atoms. The van der Waals surface area contributed by atoms with Crippen molar-refractivity contribution < 1.29 is 4.92 Å². The van der Waals surface area contributed by atoms with Gasteiger partial charge in [0.15, 0.2) is 0 Å². The van der Waals surface area contributed by atoms with Gasteiger partial charge in [-0.2, -0.15) is 4.98 Å². The fourth-order valence-corrected chi connectivity index (χ4v) is 2.86. The Morgan fingerprint density at radius 1 is 1.48 bits per heavy atom. The molecule has 1 aromatic rings. The zero-order chi connectivity index (χ0) is 15.4. The maximum Gasteiger partial charge on any atom is 0.329 e. The van der Waals surface area contributed by atoms with Crippen LogP contribution in [0.4, 0.5) is 17.5 Å². The summed E-state index contributed by atoms with van der Waals surface area (Å²) in [4.78, 5) is 21.5. The Kier molecular flexibility index (Phi) is 4.93. The van der Waals surface area contributed by atoms with Gasteiger partial charge in [-0.05, 0) is 32.6 Å². The summed E-state index contributed by atoms with van der Waals surface area (Å²) in [5.41, 5.74) is -0.00996. The van der Waals surface area contributed by atoms with E-state index in [4.69, 9.17) is 0 Å². The molecule has 0 radical (unpaired) electrons. The van der Waals surface area contributed by atoms with Crippen LogP contribution in [0.1, 0.15) is 46.5 Å². The van der Waals surface area contributed by atoms with Crippen molar-refractivity contribution in [3.8, 4) is 0 Å². The first-order valence-electron chi connectivity index (χ1n) is 7.62. The molecule has 7 heteroatoms. The minimum Gasteiger partial charge on any atom is -0.354 e. The second-order valence-corrected chi connectivity index (χ2v) is 5.48. The summed E-state index contributed by atoms with van der Waals surface area (Å²) in [6, 6.07) is 0.579. The summed E-state index contributed by atoms with van der Waals surface area (Å²) in [5.74, 6) is 0.914. The topological polar surface area (TPSA) is 84.2 Å². The van der Waals surface area contributed by atoms with E-state index in [0.717, 1.165) is 32.2 Å². The van der Waals surface area contributed by atoms with E-state index in [1.54, 1.807) is 0 Å². The summed E-state index contributed by atoms with van der Waals surface area (Å²) in [6.07, 6.45) is 5.32. The van der Waals surface area contributed by atoms with Gasteiger partial charge in [-0.3, -0.25) is 10.1 Å². The maximum atomic E-state index is 11.3. The highest BCUT2D eigenvalue weighted by molar-refractivity contribution is 5.60. The van der Waals surface area contributed by atoms with E-state index in [1.807, 2.05) is 0 Å². The van der Waals surface area contributed by atoms with Crippen LogP contribution in [0.15, 0.2) is 6.20 Å². The van der Waals surface area contributed by atoms with Gasteiger partial charge >= 0.3 is 5.69 Å². The van der Waals surface area contributed by atoms with Gasteiger partial charge < -0.3 is 10.2 Å². The smallest absolute Gasteiger partial charge is 0.329 e. The summed E-state index contributed by atoms with van der Waals surface area (Å²) < 4.78 is 0. The van der Waals surface area contributed by atoms with Gasteiger partial charge in [0.05, 0.1) is 4.92 Å². The zero-order valence-electron chi connectivity index (χ0n) is 12.9. The van der Waals surface area contributed by atoms with Gasteiger partial charge in [-0.25, -0.2) is 4.98 Å². The second kappa shape index (κ2) is 6.69. The van der Waals surface area contributed by atoms with E-state index in [0.29, 0.717) is 17.8 Å². The molecule has 2 atom stereocenters. The lowest BCUT2D eigenvalue weighted by Gasteiger charge is -2.28. The molecule has 0 saturated carbocycles. The monoisotopic (exact) mass is 293 g/mol. The van der Waals surface area contributed by atoms with Gasteiger partial charge in [-0.1, -0.05) is 13.8 Å². The predicted molar refractivity (Wildman–Crippen MR) is 82.7 cm³/mol. The van der Waals surface area contributed by atoms with Gasteiger partial charge in [0.25, 0.3) is 0 Å². The molecule has 2 rings (SSSR count). The van der Waals surface area contributed by atoms with Gasteiger partial charge in [0.1, 0.15) is 6.20 Å². The molecule has 0 amide bonds. The number of hydrogen-bond acceptors (Lipinski definition) is 6. The molecule has 7 nitrogen and oxygen atoms in total. The molecule has 1 N–H and O–H groups in total. The number of nitro groups is 1. The molecule has 0 aromatic carbocycles. The van der Waals surface area contributed by atoms with Crippen LogP contribution in [0, 0.1) is 10.1 Å². The molecule has 1 aliphatic rings. The molecule has 1 fully saturated rings. The molecule has 1 saturated heterocycles. The highest BCUT2D eigenvalue weighted by atomic mass is 16.6. The predicted octanol–water partition coefficient (Wildman–Crippen LogP) is 2.97. The molecule has 0 bridgehead atoms. The third kappa shape index (κ3) is 3.22. The minimum absolute atomic E-state index is 0.00996. The second-order valence-electron chi connectivity index (χ2n) is 5.48. The van der Waals surface area contributed by atoms with Gasteiger partial charge in [-0.15, -0.1) is 0 Å². The van der Waals surface area contributed by atoms with E-state index < -0.39 is 4.92 Å². The molecule has 1 aliphatic heterocycles. The van der Waals surface area contributed by atoms with Crippen LogP contribution in [-0.4, -0.2) is 33.5 Å². The molecular weight excluding hydrogens is 270 g/mol. The Balaban J connectivity index is 2.40. The zero-order valence-corrected chi connectivity index (χ0v) is 12.9. The maximum absolute atomic E-state index is 11.3. The van der Waals surface area contributed by atoms with Crippen LogP contribution in [0.2, 0.25) is 0 Å². The van der Waals surface area contributed by atoms with Crippen LogP contribution in [0.25, 0.3) is 0 Å². The third-order valence-electron chi connectivity index (χ3n) is 3.98. The fourth-order valence-electron chi connectivity index (χ4n) is 2.86. The number of hydrogen-bond donors (Lipinski definition) is 1. The van der Waals surface area contributed by atoms with Crippen molar-refractivity contribution >= 4 is 17.5 Å². The highest BCUT2D eigenvalue weighted by Crippen LogP contribution is 2.36. The summed E-state index contributed by atoms with van der Waals surface area (Å²) in [7, 11) is 0. The Morgan fingerprint density at radius 2 is 2.24 bits per heavy atom. The van der Waals surface area contributed by atoms with Crippen molar-refractivity contribution in [2.45, 2.75) is 58.5 Å². The van der Waals surface area contributed by atoms with Crippen LogP contribution >= 0.6 is 0 Å². The fraction of sp³-hybridized carbons (Fsp3) is 0.714. The molecule has 0 aliphatic carbocycles. The van der Waals surface area contributed by atoms with Crippen LogP contribution in [0.3, 0.4) is 0 Å². The highest BCUT2D eigenvalue weighted by Gasteiger charge is 2.35. The summed E-state index contributed by atoms with van der Waals surface area (Å²) in [6.45, 7) is 7.01. The van der Waals surface area contributed by atoms with E-state index >= 15 is 0 Å². The normalized spacial score (nSPS) is 21.6. The van der Waals surface area contributed by atoms with E-state index in [1.165, 1.54) is 6.20 Å². The van der Waals surface area contributed by atoms with Crippen LogP contribution in [0.5, 0.6) is 0 Å². The summed E-state index contributed by atoms with van der Waals surface area (Å²) in [5, 5.41) is 14.4. The van der Waals surface area contributed by atoms with Crippen molar-refractivity contribution in [2.75, 3.05) is 16.8 Å². The number of anilines is 2. The first-order chi connectivity index (χ1) is 10.1. The van der Waals surface area contributed by atoms with Crippen molar-refractivity contribution in [3.63, 3.8) is 0 Å². The first kappa shape index (κ1) is 15.5. The molecule has 0 spiro atoms. The Hall–Kier alpha value is -1.92. The van der Waals surface area contributed by atoms with Crippen molar-refractivity contribution in [1.29, 1.82) is 0 Å². The Morgan fingerprint density at radius 3 is 2.86 bits per heavy atom. The number of aromatic nitrogens is 2. The van der Waals surface area contributed by atoms with Crippen molar-refractivity contribution in [3.05, 3.63) is 16.3 Å². The summed E-state index contributed by atoms with van der Waals surface area (Å²) >= 11 is 0. The third-order valence-corrected chi connectivity index (χ3v) is 3.98. The lowest BCUT2D eigenvalue weighted by atomic mass is 10.1. The van der Waals surface area contributed by atoms with Gasteiger partial charge in [0, 0.05) is 18.6 Å². The standard InChI is InChI=1S/C14H23N5O2/c1-4-8-15-14-16-9-12(19(20)21)13(17-14)18-10(3)6-7-11(18)5-2/h9-11H,4-8H2,1-3H3,(H,15,16,17). The molecule has 2 unspecified atom stereocenters. The molecular formula is C14H23N5O2. The quantitative estimate of drug-likeness (QED) is 0.641. The average molecular weight is 293 g/mol. The number of nitrogens with one attached hydrogen (secondary N) is 1. The molecule has 2 heterocycles. The lowest BCUT2D eigenvalue weighted by Crippen LogP contribution is -2.35. The van der Waals surface area contributed by atoms with Crippen LogP contribution < -0.4 is 10.2 Å². The van der Waals surface area contributed by atoms with E-state index in [-0.39, 0.29) is 11.7 Å². The first-order valence-corrected chi connectivity index (χ1v) is 7.62. The largest absolute Gasteiger partial charge is 0.354 e. The Labute approximate surface area is 124 Å². The van der Waals surface area contributed by atoms with Gasteiger partial charge in [0.2, 0.25) is 11.8 Å². The van der Waals surface area contributed by atoms with Crippen molar-refractivity contribution in [2.24, 2.45) is 0 Å². The van der Waals surface area contributed by atoms with Crippen molar-refractivity contribution in [1.82, 2.24) is 9.97 Å². The lowest BCUT2D eigenvalue weighted by molar-refractivity contribution is -0.384. The number of rotatable bonds is 6. The van der Waals surface area contributed by atoms with Crippen LogP contribution in [-0.2, 0) is 0 Å². The average Bonchev–Trinajstić information content (AvgIpc) is 2.85. The minimum atomic E-state index is -0.392. The molecule has 116 valence electrons. The molecule has 1 aromatic heterocycles. The van der Waals surface area contributed by atoms with E-state index in [9.17, 15) is 10.1 Å². The SMILES string of the molecule is CCCNc1ncc([N+](=O)[O-])c(N2C(C)CCC2CC)n1. The number of nitrogens with zero attached hydrogens (tertiary/aromatic N) is 4. The van der Waals surface area contributed by atoms with E-state index in [2.05, 4.69) is 41.0 Å². The Bertz CT molecular complexity index is 508.